The van der Waals surface area contributed by atoms with Crippen molar-refractivity contribution in [1.82, 2.24) is 4.90 Å². The number of carbonyl (C=O) groups is 2. The molecule has 0 amide bonds. The zero-order valence-electron chi connectivity index (χ0n) is 27.1. The van der Waals surface area contributed by atoms with Crippen LogP contribution in [0, 0.1) is 5.92 Å². The Morgan fingerprint density at radius 3 is 1.95 bits per heavy atom. The van der Waals surface area contributed by atoms with Crippen LogP contribution in [0.4, 0.5) is 11.4 Å². The second-order valence-electron chi connectivity index (χ2n) is 11.8. The van der Waals surface area contributed by atoms with Crippen LogP contribution in [0.25, 0.3) is 0 Å². The predicted molar refractivity (Wildman–Crippen MR) is 175 cm³/mol. The maximum Gasteiger partial charge on any atom is 0.308 e. The van der Waals surface area contributed by atoms with E-state index in [1.165, 1.54) is 32.1 Å². The van der Waals surface area contributed by atoms with Crippen molar-refractivity contribution in [2.75, 3.05) is 50.5 Å². The van der Waals surface area contributed by atoms with Gasteiger partial charge in [-0.1, -0.05) is 84.5 Å². The van der Waals surface area contributed by atoms with Gasteiger partial charge in [0.15, 0.2) is 0 Å². The molecule has 0 spiro atoms. The Kier molecular flexibility index (Phi) is 22.8. The Morgan fingerprint density at radius 1 is 0.738 bits per heavy atom. The van der Waals surface area contributed by atoms with Crippen LogP contribution in [-0.4, -0.2) is 57.0 Å². The first-order chi connectivity index (χ1) is 20.5. The number of ether oxygens (including phenoxy) is 1. The summed E-state index contributed by atoms with van der Waals surface area (Å²) in [4.78, 5) is 48.9. The van der Waals surface area contributed by atoms with E-state index in [1.807, 2.05) is 0 Å². The first-order valence-corrected chi connectivity index (χ1v) is 17.1. The molecule has 1 rings (SSSR count). The van der Waals surface area contributed by atoms with Crippen molar-refractivity contribution >= 4 is 23.6 Å². The molecule has 0 aliphatic carbocycles. The summed E-state index contributed by atoms with van der Waals surface area (Å²) in [7, 11) is 1.66. The van der Waals surface area contributed by atoms with Gasteiger partial charge in [-0.05, 0) is 64.6 Å². The highest BCUT2D eigenvalue weighted by molar-refractivity contribution is 5.73. The molecule has 242 valence electrons. The van der Waals surface area contributed by atoms with Gasteiger partial charge < -0.3 is 25.1 Å². The molecule has 0 aromatic heterocycles. The summed E-state index contributed by atoms with van der Waals surface area (Å²) < 4.78 is 5.66. The molecule has 42 heavy (non-hydrogen) atoms. The highest BCUT2D eigenvalue weighted by Gasteiger charge is 2.20. The number of carbonyl (C=O) groups excluding carboxylic acids is 2. The van der Waals surface area contributed by atoms with E-state index in [0.717, 1.165) is 109 Å². The molecular weight excluding hydrogens is 530 g/mol. The molecule has 1 atom stereocenters. The summed E-state index contributed by atoms with van der Waals surface area (Å²) in [6.45, 7) is 8.64. The van der Waals surface area contributed by atoms with Gasteiger partial charge >= 0.3 is 5.97 Å². The minimum atomic E-state index is -0.438. The number of anilines is 2. The van der Waals surface area contributed by atoms with Crippen LogP contribution < -0.4 is 21.5 Å². The van der Waals surface area contributed by atoms with E-state index in [0.29, 0.717) is 30.9 Å². The third-order valence-corrected chi connectivity index (χ3v) is 8.17. The lowest BCUT2D eigenvalue weighted by Gasteiger charge is -2.23. The van der Waals surface area contributed by atoms with Crippen LogP contribution >= 0.6 is 0 Å². The summed E-state index contributed by atoms with van der Waals surface area (Å²) >= 11 is 0. The van der Waals surface area contributed by atoms with Gasteiger partial charge in [-0.15, -0.1) is 0 Å². The average molecular weight is 592 g/mol. The van der Waals surface area contributed by atoms with E-state index >= 15 is 0 Å². The number of nitrogens with zero attached hydrogens (tertiary/aromatic N) is 1. The van der Waals surface area contributed by atoms with E-state index in [-0.39, 0.29) is 11.9 Å². The average Bonchev–Trinajstić information content (AvgIpc) is 3.00. The lowest BCUT2D eigenvalue weighted by atomic mass is 9.95. The lowest BCUT2D eigenvalue weighted by molar-refractivity contribution is -0.149. The maximum atomic E-state index is 12.6. The minimum Gasteiger partial charge on any atom is -0.465 e. The number of unbranched alkanes of at least 4 members (excludes halogenated alkanes) is 12. The molecule has 0 heterocycles. The van der Waals surface area contributed by atoms with Gasteiger partial charge in [0, 0.05) is 20.0 Å². The molecule has 8 nitrogen and oxygen atoms in total. The van der Waals surface area contributed by atoms with Gasteiger partial charge in [-0.2, -0.15) is 0 Å². The van der Waals surface area contributed by atoms with Crippen molar-refractivity contribution in [1.29, 1.82) is 0 Å². The summed E-state index contributed by atoms with van der Waals surface area (Å²) in [6, 6.07) is 0. The van der Waals surface area contributed by atoms with Crippen molar-refractivity contribution in [2.24, 2.45) is 5.92 Å². The monoisotopic (exact) mass is 591 g/mol. The van der Waals surface area contributed by atoms with Crippen LogP contribution in [0.2, 0.25) is 0 Å². The molecule has 0 saturated heterocycles. The molecule has 8 heteroatoms. The summed E-state index contributed by atoms with van der Waals surface area (Å²) in [5.41, 5.74) is -0.0529. The Labute approximate surface area is 255 Å². The topological polar surface area (TPSA) is 105 Å². The molecule has 0 fully saturated rings. The fraction of sp³-hybridized carbons (Fsp3) is 0.824. The van der Waals surface area contributed by atoms with Crippen LogP contribution in [0.3, 0.4) is 0 Å². The van der Waals surface area contributed by atoms with Crippen molar-refractivity contribution < 1.29 is 14.3 Å². The second kappa shape index (κ2) is 25.3. The quantitative estimate of drug-likeness (QED) is 0.0433. The molecule has 1 unspecified atom stereocenters. The van der Waals surface area contributed by atoms with Crippen LogP contribution in [0.1, 0.15) is 136 Å². The molecule has 1 aromatic carbocycles. The summed E-state index contributed by atoms with van der Waals surface area (Å²) in [5.74, 6) is 0.0907. The largest absolute Gasteiger partial charge is 0.465 e. The first kappa shape index (κ1) is 37.8. The SMILES string of the molecule is CCCCCC(CCCC)C(=O)OCCCCCCCN(CCCCCCCC=O)CCCNc1c(NC)c(=O)c1=O. The Morgan fingerprint density at radius 2 is 1.31 bits per heavy atom. The van der Waals surface area contributed by atoms with Gasteiger partial charge in [0.05, 0.1) is 12.5 Å². The molecule has 1 aromatic rings. The third kappa shape index (κ3) is 16.4. The van der Waals surface area contributed by atoms with Crippen molar-refractivity contribution in [2.45, 2.75) is 136 Å². The molecule has 0 radical (unpaired) electrons. The first-order valence-electron chi connectivity index (χ1n) is 17.1. The Balaban J connectivity index is 2.30. The fourth-order valence-corrected chi connectivity index (χ4v) is 5.47. The highest BCUT2D eigenvalue weighted by atomic mass is 16.5. The van der Waals surface area contributed by atoms with Crippen molar-refractivity contribution in [3.63, 3.8) is 0 Å². The zero-order chi connectivity index (χ0) is 30.8. The summed E-state index contributed by atoms with van der Waals surface area (Å²) in [6.07, 6.45) is 21.3. The van der Waals surface area contributed by atoms with Crippen LogP contribution in [-0.2, 0) is 14.3 Å². The maximum absolute atomic E-state index is 12.6. The molecule has 0 saturated carbocycles. The van der Waals surface area contributed by atoms with E-state index in [9.17, 15) is 19.2 Å². The number of hydrogen-bond donors (Lipinski definition) is 2. The van der Waals surface area contributed by atoms with Gasteiger partial charge in [0.1, 0.15) is 17.7 Å². The number of esters is 1. The lowest BCUT2D eigenvalue weighted by Crippen LogP contribution is -2.37. The standard InChI is InChI=1S/C34H61N3O5/c1-4-6-15-22-29(21-7-5-2)34(41)42-28-19-14-10-12-17-25-37(24-16-11-8-9-13-18-27-38)26-20-23-36-31-30(35-3)32(39)33(31)40/h27,29,35-36H,4-26,28H2,1-3H3. The van der Waals surface area contributed by atoms with Crippen molar-refractivity contribution in [3.8, 4) is 0 Å². The fourth-order valence-electron chi connectivity index (χ4n) is 5.47. The van der Waals surface area contributed by atoms with E-state index < -0.39 is 10.9 Å². The third-order valence-electron chi connectivity index (χ3n) is 8.17. The molecular formula is C34H61N3O5. The summed E-state index contributed by atoms with van der Waals surface area (Å²) in [5, 5.41) is 5.95. The Hall–Kier alpha value is -2.22. The number of rotatable bonds is 30. The molecule has 0 aliphatic heterocycles. The molecule has 0 aliphatic rings. The van der Waals surface area contributed by atoms with E-state index in [2.05, 4.69) is 29.4 Å². The van der Waals surface area contributed by atoms with Crippen molar-refractivity contribution in [3.05, 3.63) is 20.4 Å². The number of aldehydes is 1. The van der Waals surface area contributed by atoms with Gasteiger partial charge in [0.2, 0.25) is 0 Å². The smallest absolute Gasteiger partial charge is 0.308 e. The Bertz CT molecular complexity index is 896. The van der Waals surface area contributed by atoms with E-state index in [4.69, 9.17) is 4.74 Å². The van der Waals surface area contributed by atoms with Gasteiger partial charge in [0.25, 0.3) is 10.9 Å². The normalized spacial score (nSPS) is 12.1. The van der Waals surface area contributed by atoms with E-state index in [1.54, 1.807) is 7.05 Å². The molecule has 0 bridgehead atoms. The number of hydrogen-bond acceptors (Lipinski definition) is 8. The second-order valence-corrected chi connectivity index (χ2v) is 11.8. The number of nitrogens with one attached hydrogen (secondary N) is 2. The van der Waals surface area contributed by atoms with Crippen LogP contribution in [0.5, 0.6) is 0 Å². The van der Waals surface area contributed by atoms with Crippen LogP contribution in [0.15, 0.2) is 9.59 Å². The van der Waals surface area contributed by atoms with Gasteiger partial charge in [-0.3, -0.25) is 14.4 Å². The highest BCUT2D eigenvalue weighted by Crippen LogP contribution is 2.19. The minimum absolute atomic E-state index is 0.0140. The predicted octanol–water partition coefficient (Wildman–Crippen LogP) is 6.85. The zero-order valence-corrected chi connectivity index (χ0v) is 27.1. The molecule has 2 N–H and O–H groups in total. The van der Waals surface area contributed by atoms with Gasteiger partial charge in [-0.25, -0.2) is 0 Å².